The number of ether oxygens (including phenoxy) is 1. The van der Waals surface area contributed by atoms with E-state index < -0.39 is 36.4 Å². The van der Waals surface area contributed by atoms with Gasteiger partial charge in [0.05, 0.1) is 6.61 Å². The highest BCUT2D eigenvalue weighted by atomic mass is 19.3. The summed E-state index contributed by atoms with van der Waals surface area (Å²) < 4.78 is 31.5. The summed E-state index contributed by atoms with van der Waals surface area (Å²) in [5, 5.41) is 9.04. The predicted octanol–water partition coefficient (Wildman–Crippen LogP) is 0.815. The maximum Gasteiger partial charge on any atom is 0.338 e. The molecule has 112 valence electrons. The van der Waals surface area contributed by atoms with Crippen LogP contribution in [0.3, 0.4) is 0 Å². The molecule has 0 aromatic rings. The van der Waals surface area contributed by atoms with Gasteiger partial charge in [0.1, 0.15) is 6.04 Å². The van der Waals surface area contributed by atoms with Crippen LogP contribution in [-0.2, 0) is 19.1 Å². The molecule has 0 aromatic carbocycles. The predicted molar refractivity (Wildman–Crippen MR) is 63.1 cm³/mol. The molecular formula is C12H15F2NO5. The number of hydrogen-bond donors (Lipinski definition) is 1. The maximum atomic E-state index is 13.5. The standard InChI is InChI=1S/C12H15F2NO5/c1-3-20-11(19)12(10(13)14)5-7(2)4-8(9(17)18)15(12)6-16/h6,8,10H,2-5H2,1H3,(H,17,18). The van der Waals surface area contributed by atoms with Crippen molar-refractivity contribution in [2.45, 2.75) is 37.8 Å². The van der Waals surface area contributed by atoms with Crippen LogP contribution in [-0.4, -0.2) is 53.0 Å². The lowest BCUT2D eigenvalue weighted by atomic mass is 9.81. The zero-order valence-electron chi connectivity index (χ0n) is 10.8. The van der Waals surface area contributed by atoms with Crippen molar-refractivity contribution >= 4 is 18.3 Å². The highest BCUT2D eigenvalue weighted by Gasteiger charge is 2.59. The molecule has 0 aromatic heterocycles. The number of piperidine rings is 1. The number of amides is 1. The highest BCUT2D eigenvalue weighted by molar-refractivity contribution is 5.88. The molecule has 1 amide bonds. The van der Waals surface area contributed by atoms with Gasteiger partial charge < -0.3 is 14.7 Å². The molecule has 6 nitrogen and oxygen atoms in total. The highest BCUT2D eigenvalue weighted by Crippen LogP contribution is 2.39. The molecular weight excluding hydrogens is 276 g/mol. The van der Waals surface area contributed by atoms with Crippen molar-refractivity contribution < 1.29 is 33.0 Å². The molecule has 2 unspecified atom stereocenters. The number of carboxylic acids is 1. The van der Waals surface area contributed by atoms with Gasteiger partial charge in [0.2, 0.25) is 11.9 Å². The summed E-state index contributed by atoms with van der Waals surface area (Å²) in [5.74, 6) is -2.80. The Morgan fingerprint density at radius 3 is 2.65 bits per heavy atom. The fourth-order valence-electron chi connectivity index (χ4n) is 2.28. The Bertz CT molecular complexity index is 440. The first kappa shape index (κ1) is 16.1. The minimum atomic E-state index is -3.29. The van der Waals surface area contributed by atoms with Crippen LogP contribution in [0.4, 0.5) is 8.78 Å². The van der Waals surface area contributed by atoms with E-state index in [0.29, 0.717) is 4.90 Å². The second kappa shape index (κ2) is 5.98. The summed E-state index contributed by atoms with van der Waals surface area (Å²) in [6, 6.07) is -1.56. The molecule has 0 radical (unpaired) electrons. The smallest absolute Gasteiger partial charge is 0.338 e. The van der Waals surface area contributed by atoms with Crippen LogP contribution in [0, 0.1) is 0 Å². The number of carboxylic acid groups (broad SMARTS) is 1. The van der Waals surface area contributed by atoms with E-state index in [1.807, 2.05) is 0 Å². The number of carbonyl (C=O) groups excluding carboxylic acids is 2. The van der Waals surface area contributed by atoms with Crippen molar-refractivity contribution in [2.75, 3.05) is 6.61 Å². The SMILES string of the molecule is C=C1CC(C(=O)O)N(C=O)C(C(=O)OCC)(C(F)F)C1. The summed E-state index contributed by atoms with van der Waals surface area (Å²) in [7, 11) is 0. The van der Waals surface area contributed by atoms with Gasteiger partial charge in [0.15, 0.2) is 0 Å². The molecule has 0 bridgehead atoms. The molecule has 1 fully saturated rings. The van der Waals surface area contributed by atoms with Crippen LogP contribution in [0.5, 0.6) is 0 Å². The summed E-state index contributed by atoms with van der Waals surface area (Å²) in [5.41, 5.74) is -2.47. The minimum absolute atomic E-state index is 0.0473. The number of rotatable bonds is 5. The van der Waals surface area contributed by atoms with E-state index >= 15 is 0 Å². The van der Waals surface area contributed by atoms with Crippen LogP contribution < -0.4 is 0 Å². The number of hydrogen-bond acceptors (Lipinski definition) is 4. The van der Waals surface area contributed by atoms with Crippen LogP contribution in [0.1, 0.15) is 19.8 Å². The van der Waals surface area contributed by atoms with Crippen LogP contribution >= 0.6 is 0 Å². The Hall–Kier alpha value is -1.99. The number of alkyl halides is 2. The fraction of sp³-hybridized carbons (Fsp3) is 0.583. The van der Waals surface area contributed by atoms with Crippen molar-refractivity contribution in [1.29, 1.82) is 0 Å². The second-order valence-corrected chi connectivity index (χ2v) is 4.44. The van der Waals surface area contributed by atoms with Gasteiger partial charge in [0, 0.05) is 6.42 Å². The third-order valence-corrected chi connectivity index (χ3v) is 3.19. The normalized spacial score (nSPS) is 26.5. The average molecular weight is 291 g/mol. The fourth-order valence-corrected chi connectivity index (χ4v) is 2.28. The van der Waals surface area contributed by atoms with Gasteiger partial charge in [-0.1, -0.05) is 12.2 Å². The quantitative estimate of drug-likeness (QED) is 0.460. The van der Waals surface area contributed by atoms with Crippen molar-refractivity contribution in [3.8, 4) is 0 Å². The lowest BCUT2D eigenvalue weighted by molar-refractivity contribution is -0.182. The van der Waals surface area contributed by atoms with Crippen molar-refractivity contribution in [2.24, 2.45) is 0 Å². The number of aliphatic carboxylic acids is 1. The molecule has 0 aliphatic carbocycles. The Morgan fingerprint density at radius 1 is 1.65 bits per heavy atom. The lowest BCUT2D eigenvalue weighted by Crippen LogP contribution is -2.66. The molecule has 1 aliphatic heterocycles. The largest absolute Gasteiger partial charge is 0.480 e. The molecule has 0 spiro atoms. The van der Waals surface area contributed by atoms with E-state index in [1.54, 1.807) is 0 Å². The first-order valence-electron chi connectivity index (χ1n) is 5.89. The van der Waals surface area contributed by atoms with Crippen molar-refractivity contribution in [1.82, 2.24) is 4.90 Å². The van der Waals surface area contributed by atoms with E-state index in [2.05, 4.69) is 11.3 Å². The van der Waals surface area contributed by atoms with Crippen LogP contribution in [0.2, 0.25) is 0 Å². The summed E-state index contributed by atoms with van der Waals surface area (Å²) >= 11 is 0. The molecule has 1 aliphatic rings. The van der Waals surface area contributed by atoms with Crippen LogP contribution in [0.15, 0.2) is 12.2 Å². The lowest BCUT2D eigenvalue weighted by Gasteiger charge is -2.45. The van der Waals surface area contributed by atoms with E-state index in [9.17, 15) is 23.2 Å². The second-order valence-electron chi connectivity index (χ2n) is 4.44. The van der Waals surface area contributed by atoms with Gasteiger partial charge in [0.25, 0.3) is 6.43 Å². The first-order valence-corrected chi connectivity index (χ1v) is 5.89. The van der Waals surface area contributed by atoms with Gasteiger partial charge in [-0.15, -0.1) is 0 Å². The third kappa shape index (κ3) is 2.50. The zero-order valence-corrected chi connectivity index (χ0v) is 10.8. The summed E-state index contributed by atoms with van der Waals surface area (Å²) in [6.45, 7) is 4.75. The van der Waals surface area contributed by atoms with Gasteiger partial charge in [-0.05, 0) is 13.3 Å². The molecule has 1 rings (SSSR count). The monoisotopic (exact) mass is 291 g/mol. The van der Waals surface area contributed by atoms with Gasteiger partial charge in [-0.25, -0.2) is 18.4 Å². The zero-order chi connectivity index (χ0) is 15.5. The number of halogens is 2. The van der Waals surface area contributed by atoms with Gasteiger partial charge >= 0.3 is 11.9 Å². The molecule has 1 saturated heterocycles. The van der Waals surface area contributed by atoms with E-state index in [1.165, 1.54) is 6.92 Å². The van der Waals surface area contributed by atoms with Gasteiger partial charge in [-0.3, -0.25) is 4.79 Å². The molecule has 1 N–H and O–H groups in total. The van der Waals surface area contributed by atoms with E-state index in [-0.39, 0.29) is 25.0 Å². The van der Waals surface area contributed by atoms with Crippen LogP contribution in [0.25, 0.3) is 0 Å². The summed E-state index contributed by atoms with van der Waals surface area (Å²) in [4.78, 5) is 34.5. The Kier molecular flexibility index (Phi) is 4.80. The number of likely N-dealkylation sites (tertiary alicyclic amines) is 1. The molecule has 2 atom stereocenters. The van der Waals surface area contributed by atoms with E-state index in [0.717, 1.165) is 0 Å². The number of carbonyl (C=O) groups is 3. The first-order chi connectivity index (χ1) is 9.31. The van der Waals surface area contributed by atoms with Crippen molar-refractivity contribution in [3.63, 3.8) is 0 Å². The number of nitrogens with zero attached hydrogens (tertiary/aromatic N) is 1. The molecule has 20 heavy (non-hydrogen) atoms. The molecule has 0 saturated carbocycles. The maximum absolute atomic E-state index is 13.5. The van der Waals surface area contributed by atoms with Gasteiger partial charge in [-0.2, -0.15) is 0 Å². The van der Waals surface area contributed by atoms with E-state index in [4.69, 9.17) is 5.11 Å². The number of esters is 1. The Balaban J connectivity index is 3.36. The Morgan fingerprint density at radius 2 is 2.25 bits per heavy atom. The minimum Gasteiger partial charge on any atom is -0.480 e. The topological polar surface area (TPSA) is 83.9 Å². The molecule has 1 heterocycles. The average Bonchev–Trinajstić information content (AvgIpc) is 2.37. The Labute approximate surface area is 114 Å². The summed E-state index contributed by atoms with van der Waals surface area (Å²) in [6.07, 6.45) is -4.03. The molecule has 8 heteroatoms. The van der Waals surface area contributed by atoms with Crippen molar-refractivity contribution in [3.05, 3.63) is 12.2 Å². The third-order valence-electron chi connectivity index (χ3n) is 3.19.